The largest absolute Gasteiger partial charge is 0.380 e. The Balaban J connectivity index is 2.15. The molecule has 2 heterocycles. The maximum atomic E-state index is 12.1. The Morgan fingerprint density at radius 3 is 2.88 bits per heavy atom. The van der Waals surface area contributed by atoms with E-state index in [1.54, 1.807) is 24.1 Å². The van der Waals surface area contributed by atoms with Gasteiger partial charge in [0.15, 0.2) is 0 Å². The Kier molecular flexibility index (Phi) is 3.86. The zero-order chi connectivity index (χ0) is 12.4. The maximum absolute atomic E-state index is 12.1. The molecule has 1 aromatic rings. The van der Waals surface area contributed by atoms with E-state index < -0.39 is 0 Å². The number of amides is 1. The monoisotopic (exact) mass is 274 g/mol. The molecule has 0 aromatic carbocycles. The van der Waals surface area contributed by atoms with Gasteiger partial charge in [-0.2, -0.15) is 0 Å². The number of hydrogen-bond acceptors (Lipinski definition) is 3. The first-order chi connectivity index (χ1) is 8.11. The van der Waals surface area contributed by atoms with Gasteiger partial charge in [0.25, 0.3) is 5.91 Å². The number of methoxy groups -OCH3 is 1. The summed E-state index contributed by atoms with van der Waals surface area (Å²) in [6.45, 7) is 1.27. The summed E-state index contributed by atoms with van der Waals surface area (Å²) in [7, 11) is 1.65. The zero-order valence-electron chi connectivity index (χ0n) is 9.32. The van der Waals surface area contributed by atoms with Crippen molar-refractivity contribution in [2.75, 3.05) is 20.2 Å². The van der Waals surface area contributed by atoms with Crippen molar-refractivity contribution in [1.29, 1.82) is 0 Å². The summed E-state index contributed by atoms with van der Waals surface area (Å²) in [6.07, 6.45) is 0.957. The molecule has 92 valence electrons. The fraction of sp³-hybridized carbons (Fsp3) is 0.455. The van der Waals surface area contributed by atoms with E-state index in [9.17, 15) is 4.79 Å². The number of aromatic nitrogens is 1. The van der Waals surface area contributed by atoms with Crippen molar-refractivity contribution in [3.05, 3.63) is 28.0 Å². The summed E-state index contributed by atoms with van der Waals surface area (Å²) in [5.41, 5.74) is 0.382. The van der Waals surface area contributed by atoms with E-state index in [4.69, 9.17) is 27.9 Å². The third kappa shape index (κ3) is 2.70. The van der Waals surface area contributed by atoms with Gasteiger partial charge in [-0.15, -0.1) is 0 Å². The summed E-state index contributed by atoms with van der Waals surface area (Å²) in [4.78, 5) is 17.7. The number of rotatable bonds is 2. The van der Waals surface area contributed by atoms with Gasteiger partial charge in [0.2, 0.25) is 0 Å². The molecule has 1 atom stereocenters. The van der Waals surface area contributed by atoms with Gasteiger partial charge in [-0.3, -0.25) is 4.79 Å². The number of likely N-dealkylation sites (tertiary alicyclic amines) is 1. The van der Waals surface area contributed by atoms with Gasteiger partial charge in [0.05, 0.1) is 11.7 Å². The predicted octanol–water partition coefficient (Wildman–Crippen LogP) is 2.25. The van der Waals surface area contributed by atoms with Crippen molar-refractivity contribution in [2.24, 2.45) is 0 Å². The van der Waals surface area contributed by atoms with Crippen molar-refractivity contribution in [3.63, 3.8) is 0 Å². The highest BCUT2D eigenvalue weighted by Gasteiger charge is 2.28. The summed E-state index contributed by atoms with van der Waals surface area (Å²) >= 11 is 11.6. The van der Waals surface area contributed by atoms with Crippen LogP contribution in [0, 0.1) is 0 Å². The molecule has 4 nitrogen and oxygen atoms in total. The molecule has 1 saturated heterocycles. The highest BCUT2D eigenvalue weighted by atomic mass is 35.5. The standard InChI is InChI=1S/C11H12Cl2N2O2/c1-17-7-4-5-15(6-7)11(16)8-2-3-9(12)14-10(8)13/h2-3,7H,4-6H2,1H3. The average molecular weight is 275 g/mol. The molecule has 1 aromatic heterocycles. The second-order valence-corrected chi connectivity index (χ2v) is 4.62. The lowest BCUT2D eigenvalue weighted by Crippen LogP contribution is -2.30. The van der Waals surface area contributed by atoms with Crippen LogP contribution in [0.2, 0.25) is 10.3 Å². The molecular formula is C11H12Cl2N2O2. The number of hydrogen-bond donors (Lipinski definition) is 0. The highest BCUT2D eigenvalue weighted by molar-refractivity contribution is 6.34. The first kappa shape index (κ1) is 12.6. The minimum atomic E-state index is -0.126. The molecule has 0 aliphatic carbocycles. The van der Waals surface area contributed by atoms with Gasteiger partial charge < -0.3 is 9.64 Å². The number of carbonyl (C=O) groups is 1. The van der Waals surface area contributed by atoms with Crippen molar-refractivity contribution >= 4 is 29.1 Å². The van der Waals surface area contributed by atoms with Gasteiger partial charge >= 0.3 is 0 Å². The summed E-state index contributed by atoms with van der Waals surface area (Å²) in [5, 5.41) is 0.422. The van der Waals surface area contributed by atoms with E-state index in [0.29, 0.717) is 18.7 Å². The first-order valence-electron chi connectivity index (χ1n) is 5.26. The van der Waals surface area contributed by atoms with E-state index >= 15 is 0 Å². The average Bonchev–Trinajstić information content (AvgIpc) is 2.76. The van der Waals surface area contributed by atoms with Gasteiger partial charge in [0, 0.05) is 20.2 Å². The zero-order valence-corrected chi connectivity index (χ0v) is 10.8. The molecule has 2 rings (SSSR count). The van der Waals surface area contributed by atoms with E-state index in [1.807, 2.05) is 0 Å². The second kappa shape index (κ2) is 5.21. The number of pyridine rings is 1. The fourth-order valence-corrected chi connectivity index (χ4v) is 2.27. The SMILES string of the molecule is COC1CCN(C(=O)c2ccc(Cl)nc2Cl)C1. The number of halogens is 2. The van der Waals surface area contributed by atoms with Crippen molar-refractivity contribution in [3.8, 4) is 0 Å². The first-order valence-corrected chi connectivity index (χ1v) is 6.01. The number of ether oxygens (including phenoxy) is 1. The highest BCUT2D eigenvalue weighted by Crippen LogP contribution is 2.21. The quantitative estimate of drug-likeness (QED) is 0.777. The predicted molar refractivity (Wildman–Crippen MR) is 65.6 cm³/mol. The molecule has 1 aliphatic rings. The molecule has 1 unspecified atom stereocenters. The van der Waals surface area contributed by atoms with Crippen LogP contribution in [0.15, 0.2) is 12.1 Å². The van der Waals surface area contributed by atoms with Crippen LogP contribution in [0.3, 0.4) is 0 Å². The lowest BCUT2D eigenvalue weighted by Gasteiger charge is -2.16. The van der Waals surface area contributed by atoms with Gasteiger partial charge in [-0.1, -0.05) is 23.2 Å². The topological polar surface area (TPSA) is 42.4 Å². The lowest BCUT2D eigenvalue weighted by atomic mass is 10.2. The van der Waals surface area contributed by atoms with Crippen LogP contribution in [-0.2, 0) is 4.74 Å². The van der Waals surface area contributed by atoms with Crippen LogP contribution in [0.1, 0.15) is 16.8 Å². The molecule has 0 bridgehead atoms. The van der Waals surface area contributed by atoms with Crippen LogP contribution < -0.4 is 0 Å². The van der Waals surface area contributed by atoms with E-state index in [-0.39, 0.29) is 22.3 Å². The molecule has 1 amide bonds. The van der Waals surface area contributed by atoms with E-state index in [2.05, 4.69) is 4.98 Å². The molecule has 6 heteroatoms. The molecule has 0 spiro atoms. The van der Waals surface area contributed by atoms with Crippen molar-refractivity contribution in [1.82, 2.24) is 9.88 Å². The number of nitrogens with zero attached hydrogens (tertiary/aromatic N) is 2. The van der Waals surface area contributed by atoms with Crippen LogP contribution >= 0.6 is 23.2 Å². The van der Waals surface area contributed by atoms with Crippen molar-refractivity contribution in [2.45, 2.75) is 12.5 Å². The summed E-state index contributed by atoms with van der Waals surface area (Å²) in [6, 6.07) is 3.16. The van der Waals surface area contributed by atoms with Crippen molar-refractivity contribution < 1.29 is 9.53 Å². The van der Waals surface area contributed by atoms with Crippen LogP contribution in [0.25, 0.3) is 0 Å². The van der Waals surface area contributed by atoms with Crippen LogP contribution in [0.5, 0.6) is 0 Å². The molecule has 17 heavy (non-hydrogen) atoms. The van der Waals surface area contributed by atoms with E-state index in [1.165, 1.54) is 0 Å². The molecular weight excluding hydrogens is 263 g/mol. The Morgan fingerprint density at radius 2 is 2.29 bits per heavy atom. The molecule has 1 aliphatic heterocycles. The Bertz CT molecular complexity index is 439. The summed E-state index contributed by atoms with van der Waals surface area (Å²) in [5.74, 6) is -0.126. The number of carbonyl (C=O) groups excluding carboxylic acids is 1. The van der Waals surface area contributed by atoms with E-state index in [0.717, 1.165) is 6.42 Å². The van der Waals surface area contributed by atoms with Crippen LogP contribution in [0.4, 0.5) is 0 Å². The molecule has 0 saturated carbocycles. The smallest absolute Gasteiger partial charge is 0.257 e. The fourth-order valence-electron chi connectivity index (χ4n) is 1.85. The minimum Gasteiger partial charge on any atom is -0.380 e. The van der Waals surface area contributed by atoms with Gasteiger partial charge in [-0.25, -0.2) is 4.98 Å². The van der Waals surface area contributed by atoms with Gasteiger partial charge in [0.1, 0.15) is 10.3 Å². The minimum absolute atomic E-state index is 0.109. The third-order valence-electron chi connectivity index (χ3n) is 2.81. The molecule has 0 N–H and O–H groups in total. The molecule has 1 fully saturated rings. The summed E-state index contributed by atoms with van der Waals surface area (Å²) < 4.78 is 5.21. The third-order valence-corrected chi connectivity index (χ3v) is 3.31. The lowest BCUT2D eigenvalue weighted by molar-refractivity contribution is 0.0724. The second-order valence-electron chi connectivity index (χ2n) is 3.87. The Labute approximate surface area is 109 Å². The van der Waals surface area contributed by atoms with Crippen LogP contribution in [-0.4, -0.2) is 42.1 Å². The Hall–Kier alpha value is -0.840. The molecule has 0 radical (unpaired) electrons. The Morgan fingerprint density at radius 1 is 1.53 bits per heavy atom. The van der Waals surface area contributed by atoms with Gasteiger partial charge in [-0.05, 0) is 18.6 Å². The normalized spacial score (nSPS) is 19.7. The maximum Gasteiger partial charge on any atom is 0.257 e.